The molecular weight excluding hydrogens is 360 g/mol. The van der Waals surface area contributed by atoms with Crippen LogP contribution < -0.4 is 16.2 Å². The van der Waals surface area contributed by atoms with Gasteiger partial charge in [-0.1, -0.05) is 25.1 Å². The number of hydrogen-bond donors (Lipinski definition) is 3. The van der Waals surface area contributed by atoms with Gasteiger partial charge in [0.05, 0.1) is 5.39 Å². The maximum Gasteiger partial charge on any atom is 0.259 e. The van der Waals surface area contributed by atoms with E-state index in [-0.39, 0.29) is 17.9 Å². The molecule has 0 aliphatic rings. The summed E-state index contributed by atoms with van der Waals surface area (Å²) in [7, 11) is 0. The molecule has 0 aliphatic heterocycles. The minimum Gasteiger partial charge on any atom is -0.326 e. The molecule has 7 heteroatoms. The van der Waals surface area contributed by atoms with Crippen LogP contribution in [0.4, 0.5) is 5.69 Å². The fourth-order valence-corrected chi connectivity index (χ4v) is 3.97. The number of aryl methyl sites for hydroxylation is 3. The lowest BCUT2D eigenvalue weighted by Gasteiger charge is -2.11. The summed E-state index contributed by atoms with van der Waals surface area (Å²) in [5.74, 6) is 0.449. The Morgan fingerprint density at radius 3 is 2.81 bits per heavy atom. The van der Waals surface area contributed by atoms with Crippen LogP contribution in [0, 0.1) is 13.8 Å². The predicted octanol–water partition coefficient (Wildman–Crippen LogP) is 3.28. The standard InChI is InChI=1S/C20H24N4O2S/c1-4-21-11-14-7-5-6-8-15(14)22-17(25)10-9-16-23-19(26)18-12(2)13(3)27-20(18)24-16/h5-8,21H,4,9-11H2,1-3H3,(H,22,25)(H,23,24,26). The van der Waals surface area contributed by atoms with E-state index in [1.54, 1.807) is 0 Å². The summed E-state index contributed by atoms with van der Waals surface area (Å²) >= 11 is 1.51. The van der Waals surface area contributed by atoms with Gasteiger partial charge < -0.3 is 15.6 Å². The number of hydrogen-bond acceptors (Lipinski definition) is 5. The highest BCUT2D eigenvalue weighted by Gasteiger charge is 2.13. The van der Waals surface area contributed by atoms with Crippen molar-refractivity contribution in [2.24, 2.45) is 0 Å². The predicted molar refractivity (Wildman–Crippen MR) is 110 cm³/mol. The third-order valence-corrected chi connectivity index (χ3v) is 5.64. The molecule has 27 heavy (non-hydrogen) atoms. The second-order valence-corrected chi connectivity index (χ2v) is 7.66. The average Bonchev–Trinajstić information content (AvgIpc) is 2.93. The summed E-state index contributed by atoms with van der Waals surface area (Å²) in [5.41, 5.74) is 2.70. The molecule has 0 atom stereocenters. The van der Waals surface area contributed by atoms with E-state index in [4.69, 9.17) is 0 Å². The number of rotatable bonds is 7. The van der Waals surface area contributed by atoms with Crippen molar-refractivity contribution in [2.75, 3.05) is 11.9 Å². The summed E-state index contributed by atoms with van der Waals surface area (Å²) in [5, 5.41) is 6.88. The highest BCUT2D eigenvalue weighted by atomic mass is 32.1. The minimum absolute atomic E-state index is 0.0970. The van der Waals surface area contributed by atoms with E-state index in [2.05, 4.69) is 20.6 Å². The number of amides is 1. The molecule has 0 aliphatic carbocycles. The summed E-state index contributed by atoms with van der Waals surface area (Å²) in [6.07, 6.45) is 0.649. The summed E-state index contributed by atoms with van der Waals surface area (Å²) in [6.45, 7) is 7.53. The van der Waals surface area contributed by atoms with Gasteiger partial charge in [0.2, 0.25) is 5.91 Å². The first kappa shape index (κ1) is 19.3. The van der Waals surface area contributed by atoms with Crippen LogP contribution in [-0.4, -0.2) is 22.4 Å². The molecule has 2 aromatic heterocycles. The van der Waals surface area contributed by atoms with Crippen molar-refractivity contribution in [3.8, 4) is 0 Å². The van der Waals surface area contributed by atoms with Gasteiger partial charge in [0.25, 0.3) is 5.56 Å². The number of carbonyl (C=O) groups is 1. The fourth-order valence-electron chi connectivity index (χ4n) is 2.92. The minimum atomic E-state index is -0.131. The Morgan fingerprint density at radius 2 is 2.04 bits per heavy atom. The van der Waals surface area contributed by atoms with E-state index >= 15 is 0 Å². The Morgan fingerprint density at radius 1 is 1.26 bits per heavy atom. The third-order valence-electron chi connectivity index (χ3n) is 4.53. The number of thiophene rings is 1. The smallest absolute Gasteiger partial charge is 0.259 e. The first-order chi connectivity index (χ1) is 13.0. The SMILES string of the molecule is CCNCc1ccccc1NC(=O)CCc1nc2sc(C)c(C)c2c(=O)[nH]1. The van der Waals surface area contributed by atoms with Crippen molar-refractivity contribution in [1.82, 2.24) is 15.3 Å². The number of carbonyl (C=O) groups excluding carboxylic acids is 1. The third kappa shape index (κ3) is 4.43. The normalized spacial score (nSPS) is 11.1. The molecule has 2 heterocycles. The van der Waals surface area contributed by atoms with Crippen LogP contribution in [0.3, 0.4) is 0 Å². The number of benzene rings is 1. The van der Waals surface area contributed by atoms with Crippen LogP contribution in [0.25, 0.3) is 10.2 Å². The Hall–Kier alpha value is -2.51. The topological polar surface area (TPSA) is 86.9 Å². The van der Waals surface area contributed by atoms with Crippen LogP contribution in [-0.2, 0) is 17.8 Å². The van der Waals surface area contributed by atoms with E-state index in [9.17, 15) is 9.59 Å². The van der Waals surface area contributed by atoms with Gasteiger partial charge in [-0.25, -0.2) is 4.98 Å². The Bertz CT molecular complexity index is 1020. The second-order valence-electron chi connectivity index (χ2n) is 6.46. The van der Waals surface area contributed by atoms with Gasteiger partial charge in [0, 0.05) is 30.0 Å². The highest BCUT2D eigenvalue weighted by molar-refractivity contribution is 7.18. The monoisotopic (exact) mass is 384 g/mol. The molecule has 3 N–H and O–H groups in total. The van der Waals surface area contributed by atoms with Crippen LogP contribution >= 0.6 is 11.3 Å². The largest absolute Gasteiger partial charge is 0.326 e. The van der Waals surface area contributed by atoms with Gasteiger partial charge in [0.15, 0.2) is 0 Å². The first-order valence-corrected chi connectivity index (χ1v) is 9.88. The molecule has 0 fully saturated rings. The number of fused-ring (bicyclic) bond motifs is 1. The van der Waals surface area contributed by atoms with Crippen molar-refractivity contribution in [3.63, 3.8) is 0 Å². The Labute approximate surface area is 162 Å². The van der Waals surface area contributed by atoms with Crippen LogP contribution in [0.2, 0.25) is 0 Å². The van der Waals surface area contributed by atoms with E-state index < -0.39 is 0 Å². The molecule has 1 aromatic carbocycles. The number of H-pyrrole nitrogens is 1. The maximum absolute atomic E-state index is 12.4. The van der Waals surface area contributed by atoms with E-state index in [0.717, 1.165) is 33.1 Å². The lowest BCUT2D eigenvalue weighted by Crippen LogP contribution is -2.18. The summed E-state index contributed by atoms with van der Waals surface area (Å²) < 4.78 is 0. The van der Waals surface area contributed by atoms with Crippen molar-refractivity contribution in [1.29, 1.82) is 0 Å². The number of para-hydroxylation sites is 1. The molecule has 0 bridgehead atoms. The lowest BCUT2D eigenvalue weighted by molar-refractivity contribution is -0.116. The molecule has 1 amide bonds. The van der Waals surface area contributed by atoms with Gasteiger partial charge in [-0.05, 0) is 37.6 Å². The van der Waals surface area contributed by atoms with Crippen molar-refractivity contribution in [3.05, 3.63) is 56.4 Å². The average molecular weight is 385 g/mol. The van der Waals surface area contributed by atoms with Gasteiger partial charge in [-0.15, -0.1) is 11.3 Å². The zero-order valence-electron chi connectivity index (χ0n) is 15.8. The quantitative estimate of drug-likeness (QED) is 0.583. The zero-order chi connectivity index (χ0) is 19.4. The Balaban J connectivity index is 1.68. The van der Waals surface area contributed by atoms with Crippen LogP contribution in [0.15, 0.2) is 29.1 Å². The number of nitrogens with one attached hydrogen (secondary N) is 3. The number of aromatic amines is 1. The van der Waals surface area contributed by atoms with E-state index in [1.165, 1.54) is 11.3 Å². The van der Waals surface area contributed by atoms with E-state index in [1.807, 2.05) is 45.0 Å². The molecule has 0 spiro atoms. The van der Waals surface area contributed by atoms with Crippen LogP contribution in [0.5, 0.6) is 0 Å². The van der Waals surface area contributed by atoms with Crippen molar-refractivity contribution >= 4 is 33.1 Å². The summed E-state index contributed by atoms with van der Waals surface area (Å²) in [6, 6.07) is 7.75. The number of nitrogens with zero attached hydrogens (tertiary/aromatic N) is 1. The van der Waals surface area contributed by atoms with Crippen molar-refractivity contribution < 1.29 is 4.79 Å². The highest BCUT2D eigenvalue weighted by Crippen LogP contribution is 2.25. The molecule has 0 saturated heterocycles. The Kier molecular flexibility index (Phi) is 6.03. The van der Waals surface area contributed by atoms with Gasteiger partial charge in [0.1, 0.15) is 10.7 Å². The molecule has 3 rings (SSSR count). The number of anilines is 1. The van der Waals surface area contributed by atoms with Gasteiger partial charge >= 0.3 is 0 Å². The van der Waals surface area contributed by atoms with E-state index in [0.29, 0.717) is 24.2 Å². The van der Waals surface area contributed by atoms with Crippen LogP contribution in [0.1, 0.15) is 35.2 Å². The maximum atomic E-state index is 12.4. The van der Waals surface area contributed by atoms with Crippen molar-refractivity contribution in [2.45, 2.75) is 40.2 Å². The molecule has 3 aromatic rings. The second kappa shape index (κ2) is 8.45. The zero-order valence-corrected chi connectivity index (χ0v) is 16.6. The molecular formula is C20H24N4O2S. The van der Waals surface area contributed by atoms with Gasteiger partial charge in [-0.2, -0.15) is 0 Å². The molecule has 0 radical (unpaired) electrons. The number of aromatic nitrogens is 2. The molecule has 6 nitrogen and oxygen atoms in total. The molecule has 0 unspecified atom stereocenters. The lowest BCUT2D eigenvalue weighted by atomic mass is 10.1. The molecule has 142 valence electrons. The fraction of sp³-hybridized carbons (Fsp3) is 0.350. The first-order valence-electron chi connectivity index (χ1n) is 9.07. The van der Waals surface area contributed by atoms with Gasteiger partial charge in [-0.3, -0.25) is 9.59 Å². The molecule has 0 saturated carbocycles. The summed E-state index contributed by atoms with van der Waals surface area (Å²) in [4.78, 5) is 33.9.